The zero-order valence-corrected chi connectivity index (χ0v) is 15.3. The molecule has 0 aliphatic rings. The van der Waals surface area contributed by atoms with E-state index in [1.807, 2.05) is 24.4 Å². The fourth-order valence-electron chi connectivity index (χ4n) is 3.72. The van der Waals surface area contributed by atoms with Crippen LogP contribution in [0.1, 0.15) is 22.3 Å². The Morgan fingerprint density at radius 3 is 1.59 bits per heavy atom. The van der Waals surface area contributed by atoms with Crippen LogP contribution in [-0.2, 0) is 16.9 Å². The van der Waals surface area contributed by atoms with Gasteiger partial charge >= 0.3 is 0 Å². The number of benzene rings is 3. The lowest BCUT2D eigenvalue weighted by molar-refractivity contribution is 0.184. The smallest absolute Gasteiger partial charge is 0.138 e. The first kappa shape index (κ1) is 17.3. The average Bonchev–Trinajstić information content (AvgIpc) is 3.20. The van der Waals surface area contributed by atoms with E-state index in [1.165, 1.54) is 0 Å². The van der Waals surface area contributed by atoms with Crippen LogP contribution >= 0.6 is 0 Å². The van der Waals surface area contributed by atoms with Gasteiger partial charge in [-0.15, -0.1) is 0 Å². The van der Waals surface area contributed by atoms with Crippen LogP contribution in [0.2, 0.25) is 0 Å². The maximum atomic E-state index is 5.32. The van der Waals surface area contributed by atoms with Crippen LogP contribution in [0.25, 0.3) is 0 Å². The van der Waals surface area contributed by atoms with Gasteiger partial charge in [-0.2, -0.15) is 5.10 Å². The van der Waals surface area contributed by atoms with Gasteiger partial charge in [-0.05, 0) is 16.7 Å². The summed E-state index contributed by atoms with van der Waals surface area (Å²) in [6, 6.07) is 31.6. The highest BCUT2D eigenvalue weighted by Crippen LogP contribution is 2.40. The highest BCUT2D eigenvalue weighted by atomic mass is 16.5. The second-order valence-electron chi connectivity index (χ2n) is 6.53. The molecule has 0 radical (unpaired) electrons. The number of hydrogen-bond acceptors (Lipinski definition) is 2. The maximum Gasteiger partial charge on any atom is 0.138 e. The first-order valence-electron chi connectivity index (χ1n) is 9.05. The highest BCUT2D eigenvalue weighted by molar-refractivity contribution is 5.50. The minimum atomic E-state index is -0.560. The molecule has 0 bridgehead atoms. The molecule has 0 atom stereocenters. The van der Waals surface area contributed by atoms with Crippen LogP contribution in [-0.4, -0.2) is 16.9 Å². The Balaban J connectivity index is 2.06. The van der Waals surface area contributed by atoms with Gasteiger partial charge in [0.15, 0.2) is 0 Å². The van der Waals surface area contributed by atoms with Gasteiger partial charge in [0.2, 0.25) is 0 Å². The molecule has 0 spiro atoms. The molecule has 0 unspecified atom stereocenters. The van der Waals surface area contributed by atoms with E-state index in [1.54, 1.807) is 7.11 Å². The molecule has 0 fully saturated rings. The molecule has 0 saturated carbocycles. The monoisotopic (exact) mass is 354 g/mol. The van der Waals surface area contributed by atoms with Crippen molar-refractivity contribution in [2.45, 2.75) is 12.1 Å². The SMILES string of the molecule is COCc1cnn(C(c2ccccc2)(c2ccccc2)c2ccccc2)c1. The second kappa shape index (κ2) is 7.60. The average molecular weight is 354 g/mol. The molecule has 3 heteroatoms. The number of nitrogens with zero attached hydrogens (tertiary/aromatic N) is 2. The quantitative estimate of drug-likeness (QED) is 0.462. The molecule has 4 rings (SSSR count). The van der Waals surface area contributed by atoms with Crippen molar-refractivity contribution in [1.82, 2.24) is 9.78 Å². The van der Waals surface area contributed by atoms with Crippen LogP contribution in [0.5, 0.6) is 0 Å². The Kier molecular flexibility index (Phi) is 4.86. The lowest BCUT2D eigenvalue weighted by Crippen LogP contribution is -2.38. The third kappa shape index (κ3) is 3.07. The molecule has 0 saturated heterocycles. The normalized spacial score (nSPS) is 11.4. The zero-order valence-electron chi connectivity index (χ0n) is 15.3. The van der Waals surface area contributed by atoms with Gasteiger partial charge in [-0.25, -0.2) is 0 Å². The van der Waals surface area contributed by atoms with Gasteiger partial charge < -0.3 is 4.74 Å². The molecule has 0 aliphatic carbocycles. The number of hydrogen-bond donors (Lipinski definition) is 0. The summed E-state index contributed by atoms with van der Waals surface area (Å²) in [5.41, 5.74) is 3.97. The highest BCUT2D eigenvalue weighted by Gasteiger charge is 2.39. The molecule has 0 amide bonds. The molecule has 4 aromatic rings. The van der Waals surface area contributed by atoms with E-state index in [-0.39, 0.29) is 0 Å². The predicted octanol–water partition coefficient (Wildman–Crippen LogP) is 4.87. The van der Waals surface area contributed by atoms with Crippen LogP contribution in [0, 0.1) is 0 Å². The summed E-state index contributed by atoms with van der Waals surface area (Å²) >= 11 is 0. The van der Waals surface area contributed by atoms with E-state index in [9.17, 15) is 0 Å². The van der Waals surface area contributed by atoms with E-state index >= 15 is 0 Å². The van der Waals surface area contributed by atoms with Crippen molar-refractivity contribution >= 4 is 0 Å². The number of ether oxygens (including phenoxy) is 1. The predicted molar refractivity (Wildman–Crippen MR) is 108 cm³/mol. The van der Waals surface area contributed by atoms with Gasteiger partial charge in [0.1, 0.15) is 5.54 Å². The van der Waals surface area contributed by atoms with Crippen molar-refractivity contribution in [2.24, 2.45) is 0 Å². The summed E-state index contributed by atoms with van der Waals surface area (Å²) in [5.74, 6) is 0. The van der Waals surface area contributed by atoms with E-state index < -0.39 is 5.54 Å². The van der Waals surface area contributed by atoms with Crippen molar-refractivity contribution in [3.8, 4) is 0 Å². The molecule has 3 aromatic carbocycles. The van der Waals surface area contributed by atoms with Crippen LogP contribution < -0.4 is 0 Å². The molecule has 1 aromatic heterocycles. The lowest BCUT2D eigenvalue weighted by atomic mass is 9.77. The summed E-state index contributed by atoms with van der Waals surface area (Å²) in [6.45, 7) is 0.536. The summed E-state index contributed by atoms with van der Waals surface area (Å²) in [7, 11) is 1.70. The number of aromatic nitrogens is 2. The van der Waals surface area contributed by atoms with Crippen molar-refractivity contribution in [3.05, 3.63) is 126 Å². The van der Waals surface area contributed by atoms with Crippen molar-refractivity contribution in [2.75, 3.05) is 7.11 Å². The Bertz CT molecular complexity index is 882. The Morgan fingerprint density at radius 1 is 0.741 bits per heavy atom. The maximum absolute atomic E-state index is 5.32. The summed E-state index contributed by atoms with van der Waals surface area (Å²) < 4.78 is 7.37. The second-order valence-corrected chi connectivity index (χ2v) is 6.53. The van der Waals surface area contributed by atoms with E-state index in [4.69, 9.17) is 9.84 Å². The minimum Gasteiger partial charge on any atom is -0.380 e. The topological polar surface area (TPSA) is 27.1 Å². The fourth-order valence-corrected chi connectivity index (χ4v) is 3.72. The summed E-state index contributed by atoms with van der Waals surface area (Å²) in [5, 5.41) is 4.77. The van der Waals surface area contributed by atoms with Gasteiger partial charge in [-0.1, -0.05) is 91.0 Å². The van der Waals surface area contributed by atoms with Crippen LogP contribution in [0.15, 0.2) is 103 Å². The molecule has 27 heavy (non-hydrogen) atoms. The molecule has 1 heterocycles. The van der Waals surface area contributed by atoms with E-state index in [2.05, 4.69) is 83.7 Å². The summed E-state index contributed by atoms with van der Waals surface area (Å²) in [4.78, 5) is 0. The van der Waals surface area contributed by atoms with Crippen molar-refractivity contribution in [3.63, 3.8) is 0 Å². The van der Waals surface area contributed by atoms with Gasteiger partial charge in [-0.3, -0.25) is 4.68 Å². The standard InChI is InChI=1S/C24H22N2O/c1-27-19-20-17-25-26(18-20)24(21-11-5-2-6-12-21,22-13-7-3-8-14-22)23-15-9-4-10-16-23/h2-18H,19H2,1H3. The largest absolute Gasteiger partial charge is 0.380 e. The van der Waals surface area contributed by atoms with Crippen molar-refractivity contribution < 1.29 is 4.74 Å². The summed E-state index contributed by atoms with van der Waals surface area (Å²) in [6.07, 6.45) is 3.96. The third-order valence-corrected chi connectivity index (χ3v) is 4.87. The van der Waals surface area contributed by atoms with E-state index in [0.29, 0.717) is 6.61 Å². The number of rotatable bonds is 6. The molecule has 134 valence electrons. The van der Waals surface area contributed by atoms with Gasteiger partial charge in [0.05, 0.1) is 12.8 Å². The van der Waals surface area contributed by atoms with Crippen LogP contribution in [0.3, 0.4) is 0 Å². The Labute approximate surface area is 159 Å². The van der Waals surface area contributed by atoms with E-state index in [0.717, 1.165) is 22.3 Å². The van der Waals surface area contributed by atoms with Gasteiger partial charge in [0.25, 0.3) is 0 Å². The Morgan fingerprint density at radius 2 is 1.19 bits per heavy atom. The first-order chi connectivity index (χ1) is 13.4. The number of methoxy groups -OCH3 is 1. The Hall–Kier alpha value is -3.17. The molecule has 0 aliphatic heterocycles. The van der Waals surface area contributed by atoms with Gasteiger partial charge in [0, 0.05) is 18.9 Å². The van der Waals surface area contributed by atoms with Crippen LogP contribution in [0.4, 0.5) is 0 Å². The minimum absolute atomic E-state index is 0.536. The zero-order chi connectivity index (χ0) is 18.5. The lowest BCUT2D eigenvalue weighted by Gasteiger charge is -2.36. The molecular formula is C24H22N2O. The van der Waals surface area contributed by atoms with Crippen molar-refractivity contribution in [1.29, 1.82) is 0 Å². The first-order valence-corrected chi connectivity index (χ1v) is 9.05. The molecule has 3 nitrogen and oxygen atoms in total. The molecule has 0 N–H and O–H groups in total. The fraction of sp³-hybridized carbons (Fsp3) is 0.125. The molecular weight excluding hydrogens is 332 g/mol. The third-order valence-electron chi connectivity index (χ3n) is 4.87.